The molecule has 1 amide bonds. The van der Waals surface area contributed by atoms with E-state index >= 15 is 0 Å². The largest absolute Gasteiger partial charge is 0.467 e. The maximum atomic E-state index is 12.0. The molecular formula is C16H19NO2. The van der Waals surface area contributed by atoms with Gasteiger partial charge in [-0.3, -0.25) is 4.79 Å². The molecule has 0 saturated heterocycles. The molecule has 0 fully saturated rings. The lowest BCUT2D eigenvalue weighted by atomic mass is 10.1. The Hall–Kier alpha value is -2.03. The maximum absolute atomic E-state index is 12.0. The number of carbonyl (C=O) groups excluding carboxylic acids is 1. The van der Waals surface area contributed by atoms with Crippen molar-refractivity contribution in [1.82, 2.24) is 4.90 Å². The SMILES string of the molecule is Cc1ccc(CCC(=O)N(C)Cc2ccco2)cc1. The Morgan fingerprint density at radius 1 is 1.21 bits per heavy atom. The van der Waals surface area contributed by atoms with Gasteiger partial charge in [-0.05, 0) is 31.0 Å². The van der Waals surface area contributed by atoms with Gasteiger partial charge in [0.1, 0.15) is 5.76 Å². The molecule has 0 aliphatic rings. The van der Waals surface area contributed by atoms with E-state index in [4.69, 9.17) is 4.42 Å². The summed E-state index contributed by atoms with van der Waals surface area (Å²) in [5.41, 5.74) is 2.44. The first kappa shape index (κ1) is 13.4. The molecule has 3 nitrogen and oxygen atoms in total. The van der Waals surface area contributed by atoms with Gasteiger partial charge in [-0.1, -0.05) is 29.8 Å². The van der Waals surface area contributed by atoms with Crippen LogP contribution in [0, 0.1) is 6.92 Å². The summed E-state index contributed by atoms with van der Waals surface area (Å²) < 4.78 is 5.24. The Kier molecular flexibility index (Phi) is 4.39. The number of rotatable bonds is 5. The molecule has 0 atom stereocenters. The summed E-state index contributed by atoms with van der Waals surface area (Å²) in [6.07, 6.45) is 2.93. The van der Waals surface area contributed by atoms with E-state index in [1.807, 2.05) is 12.1 Å². The second-order valence-electron chi connectivity index (χ2n) is 4.81. The van der Waals surface area contributed by atoms with Gasteiger partial charge < -0.3 is 9.32 Å². The normalized spacial score (nSPS) is 10.4. The van der Waals surface area contributed by atoms with E-state index in [0.29, 0.717) is 13.0 Å². The van der Waals surface area contributed by atoms with Crippen LogP contribution in [-0.4, -0.2) is 17.9 Å². The van der Waals surface area contributed by atoms with Crippen LogP contribution in [0.4, 0.5) is 0 Å². The van der Waals surface area contributed by atoms with Gasteiger partial charge in [-0.15, -0.1) is 0 Å². The second-order valence-corrected chi connectivity index (χ2v) is 4.81. The van der Waals surface area contributed by atoms with Crippen LogP contribution < -0.4 is 0 Å². The highest BCUT2D eigenvalue weighted by molar-refractivity contribution is 5.76. The van der Waals surface area contributed by atoms with Crippen LogP contribution in [0.1, 0.15) is 23.3 Å². The maximum Gasteiger partial charge on any atom is 0.223 e. The van der Waals surface area contributed by atoms with Crippen molar-refractivity contribution >= 4 is 5.91 Å². The van der Waals surface area contributed by atoms with Crippen molar-refractivity contribution in [3.05, 3.63) is 59.5 Å². The minimum atomic E-state index is 0.136. The molecule has 1 aromatic heterocycles. The van der Waals surface area contributed by atoms with E-state index in [1.165, 1.54) is 11.1 Å². The van der Waals surface area contributed by atoms with Crippen molar-refractivity contribution in [3.8, 4) is 0 Å². The molecular weight excluding hydrogens is 238 g/mol. The molecule has 0 N–H and O–H groups in total. The van der Waals surface area contributed by atoms with Gasteiger partial charge >= 0.3 is 0 Å². The molecule has 1 aromatic carbocycles. The second kappa shape index (κ2) is 6.23. The summed E-state index contributed by atoms with van der Waals surface area (Å²) in [6, 6.07) is 12.0. The predicted molar refractivity (Wildman–Crippen MR) is 74.7 cm³/mol. The lowest BCUT2D eigenvalue weighted by Crippen LogP contribution is -2.26. The minimum absolute atomic E-state index is 0.136. The molecule has 0 unspecified atom stereocenters. The standard InChI is InChI=1S/C16H19NO2/c1-13-5-7-14(8-6-13)9-10-16(18)17(2)12-15-4-3-11-19-15/h3-8,11H,9-10,12H2,1-2H3. The van der Waals surface area contributed by atoms with Crippen LogP contribution in [0.2, 0.25) is 0 Å². The Balaban J connectivity index is 1.82. The van der Waals surface area contributed by atoms with Crippen LogP contribution >= 0.6 is 0 Å². The molecule has 0 bridgehead atoms. The van der Waals surface area contributed by atoms with Crippen LogP contribution in [-0.2, 0) is 17.8 Å². The highest BCUT2D eigenvalue weighted by Crippen LogP contribution is 2.09. The lowest BCUT2D eigenvalue weighted by molar-refractivity contribution is -0.130. The summed E-state index contributed by atoms with van der Waals surface area (Å²) in [4.78, 5) is 13.7. The van der Waals surface area contributed by atoms with Gasteiger partial charge in [0.05, 0.1) is 12.8 Å². The number of hydrogen-bond donors (Lipinski definition) is 0. The third kappa shape index (κ3) is 3.98. The first-order valence-electron chi connectivity index (χ1n) is 6.47. The lowest BCUT2D eigenvalue weighted by Gasteiger charge is -2.15. The van der Waals surface area contributed by atoms with Gasteiger partial charge in [0, 0.05) is 13.5 Å². The van der Waals surface area contributed by atoms with Gasteiger partial charge in [0.25, 0.3) is 0 Å². The molecule has 3 heteroatoms. The Morgan fingerprint density at radius 2 is 1.95 bits per heavy atom. The number of nitrogens with zero attached hydrogens (tertiary/aromatic N) is 1. The summed E-state index contributed by atoms with van der Waals surface area (Å²) in [6.45, 7) is 2.59. The number of aryl methyl sites for hydroxylation is 2. The quantitative estimate of drug-likeness (QED) is 0.824. The molecule has 0 saturated carbocycles. The van der Waals surface area contributed by atoms with Crippen molar-refractivity contribution < 1.29 is 9.21 Å². The zero-order valence-electron chi connectivity index (χ0n) is 11.4. The van der Waals surface area contributed by atoms with Crippen molar-refractivity contribution in [2.75, 3.05) is 7.05 Å². The van der Waals surface area contributed by atoms with E-state index in [1.54, 1.807) is 18.2 Å². The van der Waals surface area contributed by atoms with E-state index in [2.05, 4.69) is 31.2 Å². The smallest absolute Gasteiger partial charge is 0.223 e. The predicted octanol–water partition coefficient (Wildman–Crippen LogP) is 3.18. The Bertz CT molecular complexity index is 514. The number of benzene rings is 1. The minimum Gasteiger partial charge on any atom is -0.467 e. The average molecular weight is 257 g/mol. The third-order valence-electron chi connectivity index (χ3n) is 3.15. The Morgan fingerprint density at radius 3 is 2.58 bits per heavy atom. The van der Waals surface area contributed by atoms with Gasteiger partial charge in [-0.2, -0.15) is 0 Å². The number of carbonyl (C=O) groups is 1. The molecule has 100 valence electrons. The zero-order chi connectivity index (χ0) is 13.7. The van der Waals surface area contributed by atoms with Crippen molar-refractivity contribution in [2.24, 2.45) is 0 Å². The fraction of sp³-hybridized carbons (Fsp3) is 0.312. The highest BCUT2D eigenvalue weighted by Gasteiger charge is 2.10. The molecule has 2 rings (SSSR count). The number of hydrogen-bond acceptors (Lipinski definition) is 2. The highest BCUT2D eigenvalue weighted by atomic mass is 16.3. The molecule has 0 aliphatic carbocycles. The van der Waals surface area contributed by atoms with Crippen molar-refractivity contribution in [1.29, 1.82) is 0 Å². The molecule has 19 heavy (non-hydrogen) atoms. The first-order chi connectivity index (χ1) is 9.15. The van der Waals surface area contributed by atoms with Gasteiger partial charge in [-0.25, -0.2) is 0 Å². The van der Waals surface area contributed by atoms with Crippen LogP contribution in [0.3, 0.4) is 0 Å². The summed E-state index contributed by atoms with van der Waals surface area (Å²) >= 11 is 0. The van der Waals surface area contributed by atoms with Crippen molar-refractivity contribution in [3.63, 3.8) is 0 Å². The van der Waals surface area contributed by atoms with Gasteiger partial charge in [0.15, 0.2) is 0 Å². The summed E-state index contributed by atoms with van der Waals surface area (Å²) in [5.74, 6) is 0.947. The summed E-state index contributed by atoms with van der Waals surface area (Å²) in [7, 11) is 1.81. The van der Waals surface area contributed by atoms with E-state index in [9.17, 15) is 4.79 Å². The van der Waals surface area contributed by atoms with Crippen LogP contribution in [0.15, 0.2) is 47.1 Å². The van der Waals surface area contributed by atoms with Crippen LogP contribution in [0.25, 0.3) is 0 Å². The molecule has 0 radical (unpaired) electrons. The monoisotopic (exact) mass is 257 g/mol. The fourth-order valence-corrected chi connectivity index (χ4v) is 1.92. The van der Waals surface area contributed by atoms with Gasteiger partial charge in [0.2, 0.25) is 5.91 Å². The van der Waals surface area contributed by atoms with E-state index in [0.717, 1.165) is 12.2 Å². The molecule has 2 aromatic rings. The topological polar surface area (TPSA) is 33.5 Å². The van der Waals surface area contributed by atoms with Crippen LogP contribution in [0.5, 0.6) is 0 Å². The number of furan rings is 1. The first-order valence-corrected chi connectivity index (χ1v) is 6.47. The fourth-order valence-electron chi connectivity index (χ4n) is 1.92. The Labute approximate surface area is 113 Å². The van der Waals surface area contributed by atoms with Crippen molar-refractivity contribution in [2.45, 2.75) is 26.3 Å². The zero-order valence-corrected chi connectivity index (χ0v) is 11.4. The average Bonchev–Trinajstić information content (AvgIpc) is 2.90. The molecule has 1 heterocycles. The molecule has 0 spiro atoms. The molecule has 0 aliphatic heterocycles. The van der Waals surface area contributed by atoms with E-state index < -0.39 is 0 Å². The van der Waals surface area contributed by atoms with E-state index in [-0.39, 0.29) is 5.91 Å². The summed E-state index contributed by atoms with van der Waals surface area (Å²) in [5, 5.41) is 0. The third-order valence-corrected chi connectivity index (χ3v) is 3.15. The number of amides is 1.